The number of fused-ring (bicyclic) bond motifs is 1. The molecule has 0 spiro atoms. The van der Waals surface area contributed by atoms with Crippen LogP contribution in [0.4, 0.5) is 10.3 Å². The molecular weight excluding hydrogens is 391 g/mol. The first-order valence-corrected chi connectivity index (χ1v) is 10.7. The highest BCUT2D eigenvalue weighted by atomic mass is 32.1. The summed E-state index contributed by atoms with van der Waals surface area (Å²) in [5, 5.41) is 4.75. The Labute approximate surface area is 172 Å². The van der Waals surface area contributed by atoms with Gasteiger partial charge >= 0.3 is 0 Å². The van der Waals surface area contributed by atoms with Crippen molar-refractivity contribution in [3.05, 3.63) is 57.4 Å². The van der Waals surface area contributed by atoms with Crippen molar-refractivity contribution in [2.75, 3.05) is 18.0 Å². The molecule has 4 rings (SSSR count). The normalized spacial score (nSPS) is 15.4. The molecule has 1 saturated heterocycles. The number of halogens is 1. The number of aromatic nitrogens is 2. The molecule has 1 aliphatic rings. The maximum atomic E-state index is 13.1. The zero-order valence-electron chi connectivity index (χ0n) is 16.2. The van der Waals surface area contributed by atoms with Crippen molar-refractivity contribution in [1.82, 2.24) is 14.9 Å². The van der Waals surface area contributed by atoms with Gasteiger partial charge in [0, 0.05) is 13.1 Å². The third kappa shape index (κ3) is 4.17. The van der Waals surface area contributed by atoms with E-state index in [4.69, 9.17) is 4.98 Å². The molecule has 0 bridgehead atoms. The Hall–Kier alpha value is -2.74. The molecule has 0 saturated carbocycles. The number of carbonyl (C=O) groups excluding carboxylic acids is 1. The summed E-state index contributed by atoms with van der Waals surface area (Å²) < 4.78 is 15.2. The molecule has 0 unspecified atom stereocenters. The van der Waals surface area contributed by atoms with Crippen LogP contribution in [-0.4, -0.2) is 28.5 Å². The molecule has 8 heteroatoms. The van der Waals surface area contributed by atoms with Crippen LogP contribution in [-0.2, 0) is 11.3 Å². The molecule has 3 heterocycles. The molecule has 0 radical (unpaired) electrons. The van der Waals surface area contributed by atoms with Crippen molar-refractivity contribution >= 4 is 33.4 Å². The number of hydrogen-bond donors (Lipinski definition) is 1. The fraction of sp³-hybridized carbons (Fsp3) is 0.381. The number of piperidine rings is 1. The highest BCUT2D eigenvalue weighted by Gasteiger charge is 2.21. The molecule has 1 N–H and O–H groups in total. The van der Waals surface area contributed by atoms with Gasteiger partial charge in [-0.3, -0.25) is 14.2 Å². The quantitative estimate of drug-likeness (QED) is 0.694. The number of carbonyl (C=O) groups is 1. The van der Waals surface area contributed by atoms with Crippen LogP contribution in [0.2, 0.25) is 0 Å². The summed E-state index contributed by atoms with van der Waals surface area (Å²) in [6.07, 6.45) is 3.26. The third-order valence-electron chi connectivity index (χ3n) is 5.23. The molecule has 2 aromatic heterocycles. The fourth-order valence-corrected chi connectivity index (χ4v) is 4.45. The average Bonchev–Trinajstić information content (AvgIpc) is 3.20. The minimum Gasteiger partial charge on any atom is -0.348 e. The van der Waals surface area contributed by atoms with Crippen LogP contribution in [0.25, 0.3) is 10.2 Å². The van der Waals surface area contributed by atoms with E-state index in [0.29, 0.717) is 16.2 Å². The van der Waals surface area contributed by atoms with Gasteiger partial charge in [-0.25, -0.2) is 9.37 Å². The number of nitrogens with one attached hydrogen (secondary N) is 1. The SMILES string of the molecule is C[C@H](NC(=O)Cn1c(N2CCCCC2)nc2ccsc2c1=O)c1ccc(F)cc1. The second kappa shape index (κ2) is 8.32. The molecule has 0 aliphatic carbocycles. The van der Waals surface area contributed by atoms with Crippen molar-refractivity contribution in [3.8, 4) is 0 Å². The Balaban J connectivity index is 1.60. The van der Waals surface area contributed by atoms with E-state index in [-0.39, 0.29) is 29.9 Å². The van der Waals surface area contributed by atoms with E-state index < -0.39 is 0 Å². The van der Waals surface area contributed by atoms with Crippen LogP contribution >= 0.6 is 11.3 Å². The summed E-state index contributed by atoms with van der Waals surface area (Å²) in [5.74, 6) is -0.0367. The lowest BCUT2D eigenvalue weighted by Crippen LogP contribution is -2.39. The maximum absolute atomic E-state index is 13.1. The van der Waals surface area contributed by atoms with Gasteiger partial charge in [-0.2, -0.15) is 0 Å². The van der Waals surface area contributed by atoms with Crippen molar-refractivity contribution in [2.45, 2.75) is 38.8 Å². The van der Waals surface area contributed by atoms with Gasteiger partial charge in [0.15, 0.2) is 0 Å². The Morgan fingerprint density at radius 2 is 1.93 bits per heavy atom. The first kappa shape index (κ1) is 19.6. The lowest BCUT2D eigenvalue weighted by molar-refractivity contribution is -0.122. The van der Waals surface area contributed by atoms with Gasteiger partial charge in [0.1, 0.15) is 17.1 Å². The predicted molar refractivity (Wildman–Crippen MR) is 113 cm³/mol. The standard InChI is InChI=1S/C21H23FN4O2S/c1-14(15-5-7-16(22)8-6-15)23-18(27)13-26-20(28)19-17(9-12-29-19)24-21(26)25-10-3-2-4-11-25/h5-9,12,14H,2-4,10-11,13H2,1H3,(H,23,27)/t14-/m0/s1. The molecule has 3 aromatic rings. The van der Waals surface area contributed by atoms with Crippen LogP contribution in [0, 0.1) is 5.82 Å². The molecule has 1 atom stereocenters. The lowest BCUT2D eigenvalue weighted by atomic mass is 10.1. The number of rotatable bonds is 5. The molecule has 6 nitrogen and oxygen atoms in total. The number of thiophene rings is 1. The van der Waals surface area contributed by atoms with Crippen LogP contribution in [0.1, 0.15) is 37.8 Å². The topological polar surface area (TPSA) is 67.2 Å². The average molecular weight is 415 g/mol. The first-order valence-electron chi connectivity index (χ1n) is 9.81. The Morgan fingerprint density at radius 3 is 2.66 bits per heavy atom. The first-order chi connectivity index (χ1) is 14.0. The third-order valence-corrected chi connectivity index (χ3v) is 6.13. The van der Waals surface area contributed by atoms with E-state index in [0.717, 1.165) is 37.9 Å². The molecular formula is C21H23FN4O2S. The van der Waals surface area contributed by atoms with Gasteiger partial charge in [0.05, 0.1) is 11.6 Å². The summed E-state index contributed by atoms with van der Waals surface area (Å²) in [7, 11) is 0. The molecule has 1 amide bonds. The van der Waals surface area contributed by atoms with E-state index in [1.54, 1.807) is 12.1 Å². The van der Waals surface area contributed by atoms with E-state index in [9.17, 15) is 14.0 Å². The smallest absolute Gasteiger partial charge is 0.273 e. The summed E-state index contributed by atoms with van der Waals surface area (Å²) >= 11 is 1.34. The summed E-state index contributed by atoms with van der Waals surface area (Å²) in [6.45, 7) is 3.39. The zero-order chi connectivity index (χ0) is 20.4. The summed E-state index contributed by atoms with van der Waals surface area (Å²) in [6, 6.07) is 7.57. The summed E-state index contributed by atoms with van der Waals surface area (Å²) in [4.78, 5) is 32.6. The molecule has 152 valence electrons. The summed E-state index contributed by atoms with van der Waals surface area (Å²) in [5.41, 5.74) is 1.29. The number of nitrogens with zero attached hydrogens (tertiary/aromatic N) is 3. The highest BCUT2D eigenvalue weighted by molar-refractivity contribution is 7.17. The Morgan fingerprint density at radius 1 is 1.21 bits per heavy atom. The van der Waals surface area contributed by atoms with Gasteiger partial charge in [-0.05, 0) is 55.3 Å². The maximum Gasteiger partial charge on any atom is 0.273 e. The molecule has 1 fully saturated rings. The monoisotopic (exact) mass is 414 g/mol. The number of hydrogen-bond acceptors (Lipinski definition) is 5. The van der Waals surface area contributed by atoms with Crippen molar-refractivity contribution in [1.29, 1.82) is 0 Å². The number of benzene rings is 1. The second-order valence-corrected chi connectivity index (χ2v) is 8.24. The van der Waals surface area contributed by atoms with Gasteiger partial charge in [-0.1, -0.05) is 12.1 Å². The molecule has 1 aromatic carbocycles. The Bertz CT molecular complexity index is 1070. The van der Waals surface area contributed by atoms with Gasteiger partial charge in [0.25, 0.3) is 5.56 Å². The molecule has 29 heavy (non-hydrogen) atoms. The van der Waals surface area contributed by atoms with E-state index in [1.807, 2.05) is 18.4 Å². The predicted octanol–water partition coefficient (Wildman–Crippen LogP) is 3.46. The van der Waals surface area contributed by atoms with Crippen molar-refractivity contribution < 1.29 is 9.18 Å². The Kier molecular flexibility index (Phi) is 5.62. The van der Waals surface area contributed by atoms with Crippen LogP contribution in [0.3, 0.4) is 0 Å². The minimum atomic E-state index is -0.319. The van der Waals surface area contributed by atoms with Gasteiger partial charge in [0.2, 0.25) is 11.9 Å². The zero-order valence-corrected chi connectivity index (χ0v) is 17.0. The lowest BCUT2D eigenvalue weighted by Gasteiger charge is -2.29. The van der Waals surface area contributed by atoms with Crippen LogP contribution in [0.15, 0.2) is 40.5 Å². The fourth-order valence-electron chi connectivity index (χ4n) is 3.68. The van der Waals surface area contributed by atoms with Gasteiger partial charge in [-0.15, -0.1) is 11.3 Å². The van der Waals surface area contributed by atoms with Gasteiger partial charge < -0.3 is 10.2 Å². The number of anilines is 1. The van der Waals surface area contributed by atoms with Crippen molar-refractivity contribution in [3.63, 3.8) is 0 Å². The van der Waals surface area contributed by atoms with E-state index >= 15 is 0 Å². The van der Waals surface area contributed by atoms with E-state index in [2.05, 4.69) is 10.2 Å². The van der Waals surface area contributed by atoms with Crippen molar-refractivity contribution in [2.24, 2.45) is 0 Å². The second-order valence-electron chi connectivity index (χ2n) is 7.33. The molecule has 1 aliphatic heterocycles. The van der Waals surface area contributed by atoms with E-state index in [1.165, 1.54) is 28.0 Å². The number of amides is 1. The minimum absolute atomic E-state index is 0.100. The largest absolute Gasteiger partial charge is 0.348 e. The highest BCUT2D eigenvalue weighted by Crippen LogP contribution is 2.22. The van der Waals surface area contributed by atoms with Crippen LogP contribution < -0.4 is 15.8 Å². The van der Waals surface area contributed by atoms with Crippen LogP contribution in [0.5, 0.6) is 0 Å².